The topological polar surface area (TPSA) is 102 Å². The van der Waals surface area contributed by atoms with Crippen molar-refractivity contribution in [1.29, 1.82) is 0 Å². The summed E-state index contributed by atoms with van der Waals surface area (Å²) in [5, 5.41) is 13.8. The number of amides is 1. The first-order valence-corrected chi connectivity index (χ1v) is 8.96. The molecule has 1 atom stereocenters. The van der Waals surface area contributed by atoms with Gasteiger partial charge in [-0.25, -0.2) is 0 Å². The van der Waals surface area contributed by atoms with E-state index in [1.54, 1.807) is 17.0 Å². The first kappa shape index (κ1) is 18.3. The monoisotopic (exact) mass is 361 g/mol. The summed E-state index contributed by atoms with van der Waals surface area (Å²) in [6, 6.07) is 6.18. The molecule has 0 radical (unpaired) electrons. The maximum absolute atomic E-state index is 12.3. The fraction of sp³-hybridized carbons (Fsp3) is 0.556. The smallest absolute Gasteiger partial charge is 0.269 e. The number of anilines is 1. The van der Waals surface area contributed by atoms with Gasteiger partial charge in [0.2, 0.25) is 5.91 Å². The Bertz CT molecular complexity index is 672. The Kier molecular flexibility index (Phi) is 5.82. The highest BCUT2D eigenvalue weighted by molar-refractivity contribution is 5.88. The van der Waals surface area contributed by atoms with E-state index in [4.69, 9.17) is 4.74 Å². The molecule has 1 aliphatic heterocycles. The first-order valence-electron chi connectivity index (χ1n) is 8.96. The van der Waals surface area contributed by atoms with Crippen molar-refractivity contribution < 1.29 is 19.2 Å². The summed E-state index contributed by atoms with van der Waals surface area (Å²) < 4.78 is 5.53. The maximum atomic E-state index is 12.3. The van der Waals surface area contributed by atoms with Crippen LogP contribution in [0, 0.1) is 16.0 Å². The second-order valence-corrected chi connectivity index (χ2v) is 6.71. The van der Waals surface area contributed by atoms with Crippen molar-refractivity contribution in [2.45, 2.75) is 31.8 Å². The number of morpholine rings is 1. The van der Waals surface area contributed by atoms with E-state index in [2.05, 4.69) is 5.32 Å². The van der Waals surface area contributed by atoms with Gasteiger partial charge >= 0.3 is 0 Å². The number of hydrogen-bond acceptors (Lipinski definition) is 6. The quantitative estimate of drug-likeness (QED) is 0.432. The number of nitrogens with one attached hydrogen (secondary N) is 1. The number of nitro groups is 1. The van der Waals surface area contributed by atoms with Gasteiger partial charge in [-0.3, -0.25) is 19.7 Å². The van der Waals surface area contributed by atoms with Gasteiger partial charge in [0.25, 0.3) is 5.69 Å². The number of hydrogen-bond donors (Lipinski definition) is 1. The highest BCUT2D eigenvalue weighted by Gasteiger charge is 2.38. The van der Waals surface area contributed by atoms with E-state index >= 15 is 0 Å². The number of rotatable bonds is 8. The zero-order valence-corrected chi connectivity index (χ0v) is 14.6. The summed E-state index contributed by atoms with van der Waals surface area (Å²) >= 11 is 0. The number of benzene rings is 1. The summed E-state index contributed by atoms with van der Waals surface area (Å²) in [7, 11) is 0. The highest BCUT2D eigenvalue weighted by atomic mass is 16.6. The number of ether oxygens (including phenoxy) is 1. The van der Waals surface area contributed by atoms with E-state index < -0.39 is 11.0 Å². The number of ketones is 1. The Balaban J connectivity index is 1.38. The molecule has 1 aliphatic carbocycles. The van der Waals surface area contributed by atoms with Crippen LogP contribution in [0.5, 0.6) is 0 Å². The van der Waals surface area contributed by atoms with Crippen LogP contribution in [0.15, 0.2) is 24.3 Å². The molecule has 1 aromatic rings. The lowest BCUT2D eigenvalue weighted by Crippen LogP contribution is -2.49. The molecule has 8 nitrogen and oxygen atoms in total. The number of Topliss-reactive ketones (excluding diaryl/α,β-unsaturated/α-hetero) is 1. The number of nitro benzene ring substituents is 1. The Morgan fingerprint density at radius 3 is 2.65 bits per heavy atom. The van der Waals surface area contributed by atoms with Crippen LogP contribution in [-0.2, 0) is 14.3 Å². The van der Waals surface area contributed by atoms with Crippen LogP contribution < -0.4 is 5.32 Å². The van der Waals surface area contributed by atoms with Crippen molar-refractivity contribution in [3.8, 4) is 0 Å². The van der Waals surface area contributed by atoms with Crippen LogP contribution >= 0.6 is 0 Å². The van der Waals surface area contributed by atoms with Crippen LogP contribution in [0.3, 0.4) is 0 Å². The van der Waals surface area contributed by atoms with Crippen molar-refractivity contribution in [3.05, 3.63) is 34.4 Å². The Hall–Kier alpha value is -2.48. The molecule has 2 fully saturated rings. The zero-order chi connectivity index (χ0) is 18.5. The second-order valence-electron chi connectivity index (χ2n) is 6.71. The lowest BCUT2D eigenvalue weighted by molar-refractivity contribution is -0.384. The normalized spacial score (nSPS) is 19.8. The summed E-state index contributed by atoms with van der Waals surface area (Å²) in [5.74, 6) is 0.315. The van der Waals surface area contributed by atoms with E-state index in [1.165, 1.54) is 12.1 Å². The standard InChI is InChI=1S/C18H23N3O5/c22-17(20-10-11-26-16(12-20)18(23)13-3-4-13)2-1-9-19-14-5-7-15(8-6-14)21(24)25/h5-8,13,16,19H,1-4,9-12H2/t16-/m0/s1. The highest BCUT2D eigenvalue weighted by Crippen LogP contribution is 2.32. The third-order valence-corrected chi connectivity index (χ3v) is 4.69. The third-order valence-electron chi connectivity index (χ3n) is 4.69. The van der Waals surface area contributed by atoms with Gasteiger partial charge in [-0.1, -0.05) is 0 Å². The van der Waals surface area contributed by atoms with Gasteiger partial charge in [0, 0.05) is 43.2 Å². The molecule has 0 spiro atoms. The van der Waals surface area contributed by atoms with Gasteiger partial charge in [-0.05, 0) is 31.4 Å². The van der Waals surface area contributed by atoms with Crippen LogP contribution in [0.2, 0.25) is 0 Å². The molecule has 8 heteroatoms. The van der Waals surface area contributed by atoms with Crippen LogP contribution in [0.1, 0.15) is 25.7 Å². The largest absolute Gasteiger partial charge is 0.385 e. The molecule has 0 unspecified atom stereocenters. The molecule has 0 bridgehead atoms. The van der Waals surface area contributed by atoms with Crippen LogP contribution in [0.25, 0.3) is 0 Å². The molecule has 0 aromatic heterocycles. The molecule has 140 valence electrons. The van der Waals surface area contributed by atoms with Gasteiger partial charge in [0.05, 0.1) is 18.1 Å². The Morgan fingerprint density at radius 2 is 2.00 bits per heavy atom. The fourth-order valence-corrected chi connectivity index (χ4v) is 3.01. The first-order chi connectivity index (χ1) is 12.5. The molecule has 1 saturated heterocycles. The molecular weight excluding hydrogens is 338 g/mol. The summed E-state index contributed by atoms with van der Waals surface area (Å²) in [6.07, 6.45) is 2.47. The van der Waals surface area contributed by atoms with Crippen molar-refractivity contribution >= 4 is 23.1 Å². The van der Waals surface area contributed by atoms with Crippen molar-refractivity contribution in [3.63, 3.8) is 0 Å². The lowest BCUT2D eigenvalue weighted by atomic mass is 10.1. The maximum Gasteiger partial charge on any atom is 0.269 e. The number of carbonyl (C=O) groups is 2. The predicted octanol–water partition coefficient (Wildman–Crippen LogP) is 1.99. The average Bonchev–Trinajstić information content (AvgIpc) is 3.50. The minimum atomic E-state index is -0.460. The van der Waals surface area contributed by atoms with Crippen molar-refractivity contribution in [2.75, 3.05) is 31.6 Å². The summed E-state index contributed by atoms with van der Waals surface area (Å²) in [5.41, 5.74) is 0.831. The van der Waals surface area contributed by atoms with E-state index in [0.29, 0.717) is 39.1 Å². The van der Waals surface area contributed by atoms with Crippen LogP contribution in [-0.4, -0.2) is 53.9 Å². The van der Waals surface area contributed by atoms with Crippen LogP contribution in [0.4, 0.5) is 11.4 Å². The second kappa shape index (κ2) is 8.27. The summed E-state index contributed by atoms with van der Waals surface area (Å²) in [4.78, 5) is 36.3. The number of non-ortho nitro benzene ring substituents is 1. The Labute approximate surface area is 151 Å². The summed E-state index contributed by atoms with van der Waals surface area (Å²) in [6.45, 7) is 1.90. The number of nitrogens with zero attached hydrogens (tertiary/aromatic N) is 2. The molecule has 3 rings (SSSR count). The minimum Gasteiger partial charge on any atom is -0.385 e. The van der Waals surface area contributed by atoms with Crippen molar-refractivity contribution in [1.82, 2.24) is 4.90 Å². The third kappa shape index (κ3) is 4.78. The zero-order valence-electron chi connectivity index (χ0n) is 14.6. The molecule has 2 aliphatic rings. The molecule has 1 saturated carbocycles. The average molecular weight is 361 g/mol. The molecular formula is C18H23N3O5. The van der Waals surface area contributed by atoms with Gasteiger partial charge < -0.3 is 15.0 Å². The predicted molar refractivity (Wildman–Crippen MR) is 94.9 cm³/mol. The Morgan fingerprint density at radius 1 is 1.27 bits per heavy atom. The number of carbonyl (C=O) groups excluding carboxylic acids is 2. The van der Waals surface area contributed by atoms with E-state index in [0.717, 1.165) is 18.5 Å². The minimum absolute atomic E-state index is 0.0346. The SMILES string of the molecule is O=C(C1CC1)[C@@H]1CN(C(=O)CCCNc2ccc([N+](=O)[O-])cc2)CCO1. The van der Waals surface area contributed by atoms with Gasteiger partial charge in [-0.2, -0.15) is 0 Å². The van der Waals surface area contributed by atoms with Gasteiger partial charge in [-0.15, -0.1) is 0 Å². The molecule has 1 N–H and O–H groups in total. The van der Waals surface area contributed by atoms with Crippen molar-refractivity contribution in [2.24, 2.45) is 5.92 Å². The fourth-order valence-electron chi connectivity index (χ4n) is 3.01. The lowest BCUT2D eigenvalue weighted by Gasteiger charge is -2.32. The molecule has 1 aromatic carbocycles. The van der Waals surface area contributed by atoms with E-state index in [1.807, 2.05) is 0 Å². The van der Waals surface area contributed by atoms with E-state index in [9.17, 15) is 19.7 Å². The molecule has 1 heterocycles. The van der Waals surface area contributed by atoms with Gasteiger partial charge in [0.1, 0.15) is 6.10 Å². The van der Waals surface area contributed by atoms with Gasteiger partial charge in [0.15, 0.2) is 5.78 Å². The molecule has 1 amide bonds. The molecule has 26 heavy (non-hydrogen) atoms. The van der Waals surface area contributed by atoms with E-state index in [-0.39, 0.29) is 23.3 Å².